The third-order valence-electron chi connectivity index (χ3n) is 1.52. The van der Waals surface area contributed by atoms with Gasteiger partial charge in [-0.2, -0.15) is 0 Å². The van der Waals surface area contributed by atoms with Gasteiger partial charge in [-0.05, 0) is 0 Å². The quantitative estimate of drug-likeness (QED) is 0.767. The second kappa shape index (κ2) is 3.52. The van der Waals surface area contributed by atoms with E-state index in [0.717, 1.165) is 0 Å². The van der Waals surface area contributed by atoms with Gasteiger partial charge in [0.25, 0.3) is 6.43 Å². The topological polar surface area (TPSA) is 76.2 Å². The van der Waals surface area contributed by atoms with Crippen LogP contribution >= 0.6 is 0 Å². The van der Waals surface area contributed by atoms with Gasteiger partial charge in [-0.1, -0.05) is 0 Å². The zero-order valence-corrected chi connectivity index (χ0v) is 6.67. The van der Waals surface area contributed by atoms with Crippen molar-refractivity contribution in [2.75, 3.05) is 5.73 Å². The third-order valence-corrected chi connectivity index (χ3v) is 1.52. The SMILES string of the molecule is Nc1c(C(=O)O)ncc(C(F)F)c1F. The van der Waals surface area contributed by atoms with E-state index in [1.807, 2.05) is 0 Å². The fourth-order valence-corrected chi connectivity index (χ4v) is 0.842. The molecule has 14 heavy (non-hydrogen) atoms. The molecule has 1 aromatic rings. The molecule has 1 aromatic heterocycles. The maximum Gasteiger partial charge on any atom is 0.356 e. The molecule has 0 bridgehead atoms. The molecule has 0 fully saturated rings. The molecule has 0 saturated heterocycles. The number of carbonyl (C=O) groups is 1. The molecule has 0 radical (unpaired) electrons. The lowest BCUT2D eigenvalue weighted by Crippen LogP contribution is -2.09. The van der Waals surface area contributed by atoms with E-state index >= 15 is 0 Å². The average molecular weight is 206 g/mol. The minimum atomic E-state index is -3.08. The first-order valence-corrected chi connectivity index (χ1v) is 3.40. The van der Waals surface area contributed by atoms with Gasteiger partial charge in [-0.15, -0.1) is 0 Å². The Hall–Kier alpha value is -1.79. The third kappa shape index (κ3) is 1.61. The maximum absolute atomic E-state index is 13.0. The second-order valence-corrected chi connectivity index (χ2v) is 2.40. The predicted molar refractivity (Wildman–Crippen MR) is 40.5 cm³/mol. The molecule has 76 valence electrons. The number of pyridine rings is 1. The smallest absolute Gasteiger partial charge is 0.356 e. The van der Waals surface area contributed by atoms with Crippen LogP contribution in [0.15, 0.2) is 6.20 Å². The number of rotatable bonds is 2. The maximum atomic E-state index is 13.0. The second-order valence-electron chi connectivity index (χ2n) is 2.40. The highest BCUT2D eigenvalue weighted by Gasteiger charge is 2.21. The van der Waals surface area contributed by atoms with Crippen LogP contribution in [0.25, 0.3) is 0 Å². The van der Waals surface area contributed by atoms with Crippen LogP contribution < -0.4 is 5.73 Å². The van der Waals surface area contributed by atoms with Crippen molar-refractivity contribution in [2.45, 2.75) is 6.43 Å². The molecule has 0 saturated carbocycles. The summed E-state index contributed by atoms with van der Waals surface area (Å²) in [7, 11) is 0. The van der Waals surface area contributed by atoms with Crippen LogP contribution in [-0.2, 0) is 0 Å². The van der Waals surface area contributed by atoms with Gasteiger partial charge in [0.2, 0.25) is 0 Å². The Kier molecular flexibility index (Phi) is 2.59. The molecule has 1 rings (SSSR count). The molecule has 3 N–H and O–H groups in total. The van der Waals surface area contributed by atoms with E-state index < -0.39 is 35.2 Å². The highest BCUT2D eigenvalue weighted by atomic mass is 19.3. The van der Waals surface area contributed by atoms with Crippen molar-refractivity contribution in [3.8, 4) is 0 Å². The first-order chi connectivity index (χ1) is 6.45. The highest BCUT2D eigenvalue weighted by Crippen LogP contribution is 2.26. The van der Waals surface area contributed by atoms with Gasteiger partial charge >= 0.3 is 5.97 Å². The number of carboxylic acids is 1. The molecule has 0 aliphatic rings. The molecule has 0 amide bonds. The summed E-state index contributed by atoms with van der Waals surface area (Å²) in [6.07, 6.45) is -2.62. The van der Waals surface area contributed by atoms with Crippen LogP contribution in [0.2, 0.25) is 0 Å². The number of nitrogens with zero attached hydrogens (tertiary/aromatic N) is 1. The molecule has 0 atom stereocenters. The van der Waals surface area contributed by atoms with Crippen LogP contribution in [-0.4, -0.2) is 16.1 Å². The molecule has 7 heteroatoms. The Bertz CT molecular complexity index is 381. The zero-order valence-electron chi connectivity index (χ0n) is 6.67. The number of anilines is 1. The molecule has 1 heterocycles. The van der Waals surface area contributed by atoms with Crippen LogP contribution in [0.5, 0.6) is 0 Å². The van der Waals surface area contributed by atoms with Gasteiger partial charge in [0.05, 0.1) is 5.56 Å². The van der Waals surface area contributed by atoms with E-state index in [4.69, 9.17) is 10.8 Å². The van der Waals surface area contributed by atoms with Crippen molar-refractivity contribution in [3.63, 3.8) is 0 Å². The molecule has 0 aliphatic carbocycles. The van der Waals surface area contributed by atoms with Crippen LogP contribution in [0.4, 0.5) is 18.9 Å². The van der Waals surface area contributed by atoms with Gasteiger partial charge in [0.1, 0.15) is 5.69 Å². The monoisotopic (exact) mass is 206 g/mol. The number of hydrogen-bond donors (Lipinski definition) is 2. The Balaban J connectivity index is 3.33. The van der Waals surface area contributed by atoms with E-state index in [0.29, 0.717) is 6.20 Å². The lowest BCUT2D eigenvalue weighted by atomic mass is 10.2. The standard InChI is InChI=1S/C7H5F3N2O2/c8-3-2(6(9)10)1-12-5(4(3)11)7(13)14/h1,6H,11H2,(H,13,14). The molecular formula is C7H5F3N2O2. The van der Waals surface area contributed by atoms with Gasteiger partial charge in [0, 0.05) is 6.20 Å². The number of aromatic carboxylic acids is 1. The van der Waals surface area contributed by atoms with Gasteiger partial charge in [-0.25, -0.2) is 22.9 Å². The van der Waals surface area contributed by atoms with E-state index in [2.05, 4.69) is 4.98 Å². The number of carboxylic acid groups (broad SMARTS) is 1. The summed E-state index contributed by atoms with van der Waals surface area (Å²) in [5.41, 5.74) is 2.31. The number of aromatic nitrogens is 1. The molecule has 0 aliphatic heterocycles. The zero-order chi connectivity index (χ0) is 10.9. The number of hydrogen-bond acceptors (Lipinski definition) is 3. The first-order valence-electron chi connectivity index (χ1n) is 3.40. The number of nitrogens with two attached hydrogens (primary N) is 1. The lowest BCUT2D eigenvalue weighted by molar-refractivity contribution is 0.0690. The van der Waals surface area contributed by atoms with Crippen molar-refractivity contribution in [3.05, 3.63) is 23.3 Å². The van der Waals surface area contributed by atoms with E-state index in [1.165, 1.54) is 0 Å². The first kappa shape index (κ1) is 10.3. The number of halogens is 3. The summed E-state index contributed by atoms with van der Waals surface area (Å²) >= 11 is 0. The highest BCUT2D eigenvalue weighted by molar-refractivity contribution is 5.91. The summed E-state index contributed by atoms with van der Waals surface area (Å²) in [5, 5.41) is 8.42. The van der Waals surface area contributed by atoms with E-state index in [-0.39, 0.29) is 0 Å². The van der Waals surface area contributed by atoms with Crippen LogP contribution in [0.1, 0.15) is 22.5 Å². The van der Waals surface area contributed by atoms with Crippen LogP contribution in [0.3, 0.4) is 0 Å². The summed E-state index contributed by atoms with van der Waals surface area (Å²) < 4.78 is 37.1. The van der Waals surface area contributed by atoms with Gasteiger partial charge in [-0.3, -0.25) is 0 Å². The Morgan fingerprint density at radius 3 is 2.57 bits per heavy atom. The van der Waals surface area contributed by atoms with Crippen molar-refractivity contribution in [2.24, 2.45) is 0 Å². The largest absolute Gasteiger partial charge is 0.476 e. The molecular weight excluding hydrogens is 201 g/mol. The van der Waals surface area contributed by atoms with Crippen molar-refractivity contribution >= 4 is 11.7 Å². The molecule has 4 nitrogen and oxygen atoms in total. The molecule has 0 aromatic carbocycles. The number of alkyl halides is 2. The summed E-state index contributed by atoms with van der Waals surface area (Å²) in [4.78, 5) is 13.5. The summed E-state index contributed by atoms with van der Waals surface area (Å²) in [6.45, 7) is 0. The minimum absolute atomic E-state index is 0.458. The van der Waals surface area contributed by atoms with Crippen molar-refractivity contribution in [1.82, 2.24) is 4.98 Å². The fourth-order valence-electron chi connectivity index (χ4n) is 0.842. The van der Waals surface area contributed by atoms with E-state index in [1.54, 1.807) is 0 Å². The average Bonchev–Trinajstić information content (AvgIpc) is 2.08. The Morgan fingerprint density at radius 2 is 2.14 bits per heavy atom. The Labute approximate surface area is 76.2 Å². The Morgan fingerprint density at radius 1 is 1.57 bits per heavy atom. The summed E-state index contributed by atoms with van der Waals surface area (Å²) in [6, 6.07) is 0. The van der Waals surface area contributed by atoms with E-state index in [9.17, 15) is 18.0 Å². The van der Waals surface area contributed by atoms with Gasteiger partial charge < -0.3 is 10.8 Å². The van der Waals surface area contributed by atoms with Gasteiger partial charge in [0.15, 0.2) is 11.5 Å². The van der Waals surface area contributed by atoms with Crippen LogP contribution in [0, 0.1) is 5.82 Å². The molecule has 0 spiro atoms. The van der Waals surface area contributed by atoms with Crippen molar-refractivity contribution < 1.29 is 23.1 Å². The lowest BCUT2D eigenvalue weighted by Gasteiger charge is -2.05. The van der Waals surface area contributed by atoms with Crippen molar-refractivity contribution in [1.29, 1.82) is 0 Å². The summed E-state index contributed by atoms with van der Waals surface area (Å²) in [5.74, 6) is -3.00. The normalized spacial score (nSPS) is 10.6. The number of nitrogen functional groups attached to an aromatic ring is 1. The predicted octanol–water partition coefficient (Wildman–Crippen LogP) is 1.44. The molecule has 0 unspecified atom stereocenters. The minimum Gasteiger partial charge on any atom is -0.476 e. The fraction of sp³-hybridized carbons (Fsp3) is 0.143.